The third-order valence-corrected chi connectivity index (χ3v) is 5.50. The highest BCUT2D eigenvalue weighted by atomic mass is 19.1. The highest BCUT2D eigenvalue weighted by Crippen LogP contribution is 2.30. The number of nitrogens with zero attached hydrogens (tertiary/aromatic N) is 3. The molecule has 1 saturated heterocycles. The van der Waals surface area contributed by atoms with Crippen molar-refractivity contribution in [2.24, 2.45) is 0 Å². The minimum Gasteiger partial charge on any atom is -0.314 e. The first-order valence-electron chi connectivity index (χ1n) is 9.55. The van der Waals surface area contributed by atoms with Crippen LogP contribution in [-0.4, -0.2) is 47.6 Å². The Morgan fingerprint density at radius 3 is 2.22 bits per heavy atom. The average molecular weight is 363 g/mol. The molecular formula is C23H26FN3. The summed E-state index contributed by atoms with van der Waals surface area (Å²) in [6.07, 6.45) is 0. The summed E-state index contributed by atoms with van der Waals surface area (Å²) in [5.41, 5.74) is 5.87. The smallest absolute Gasteiger partial charge is 0.123 e. The monoisotopic (exact) mass is 363 g/mol. The van der Waals surface area contributed by atoms with E-state index in [2.05, 4.69) is 58.7 Å². The Kier molecular flexibility index (Phi) is 5.10. The molecule has 3 aromatic rings. The van der Waals surface area contributed by atoms with Gasteiger partial charge in [0.2, 0.25) is 0 Å². The quantitative estimate of drug-likeness (QED) is 0.683. The maximum atomic E-state index is 13.4. The van der Waals surface area contributed by atoms with Gasteiger partial charge in [-0.2, -0.15) is 0 Å². The maximum absolute atomic E-state index is 13.4. The third-order valence-electron chi connectivity index (χ3n) is 5.50. The van der Waals surface area contributed by atoms with Gasteiger partial charge < -0.3 is 9.47 Å². The van der Waals surface area contributed by atoms with Crippen LogP contribution in [0, 0.1) is 12.7 Å². The van der Waals surface area contributed by atoms with Crippen LogP contribution in [-0.2, 0) is 6.54 Å². The summed E-state index contributed by atoms with van der Waals surface area (Å²) in [6, 6.07) is 19.5. The zero-order valence-corrected chi connectivity index (χ0v) is 16.0. The zero-order valence-electron chi connectivity index (χ0n) is 16.0. The largest absolute Gasteiger partial charge is 0.314 e. The van der Waals surface area contributed by atoms with Gasteiger partial charge in [-0.05, 0) is 67.6 Å². The predicted octanol–water partition coefficient (Wildman–Crippen LogP) is 4.34. The molecule has 0 radical (unpaired) electrons. The van der Waals surface area contributed by atoms with Gasteiger partial charge in [0.25, 0.3) is 0 Å². The summed E-state index contributed by atoms with van der Waals surface area (Å²) in [6.45, 7) is 7.56. The van der Waals surface area contributed by atoms with Gasteiger partial charge in [0.1, 0.15) is 5.82 Å². The van der Waals surface area contributed by atoms with Crippen LogP contribution >= 0.6 is 0 Å². The second-order valence-corrected chi connectivity index (χ2v) is 7.40. The summed E-state index contributed by atoms with van der Waals surface area (Å²) in [5.74, 6) is -0.203. The van der Waals surface area contributed by atoms with Crippen molar-refractivity contribution in [1.29, 1.82) is 0 Å². The molecule has 27 heavy (non-hydrogen) atoms. The van der Waals surface area contributed by atoms with Gasteiger partial charge in [-0.25, -0.2) is 4.39 Å². The highest BCUT2D eigenvalue weighted by molar-refractivity contribution is 5.66. The molecule has 2 aromatic carbocycles. The van der Waals surface area contributed by atoms with Crippen molar-refractivity contribution in [2.45, 2.75) is 13.5 Å². The van der Waals surface area contributed by atoms with Crippen molar-refractivity contribution in [2.75, 3.05) is 33.2 Å². The lowest BCUT2D eigenvalue weighted by Crippen LogP contribution is -2.43. The van der Waals surface area contributed by atoms with Crippen molar-refractivity contribution in [1.82, 2.24) is 14.4 Å². The van der Waals surface area contributed by atoms with E-state index in [1.807, 2.05) is 18.2 Å². The number of hydrogen-bond acceptors (Lipinski definition) is 2. The molecule has 140 valence electrons. The molecule has 1 aliphatic heterocycles. The van der Waals surface area contributed by atoms with E-state index < -0.39 is 0 Å². The first-order valence-corrected chi connectivity index (χ1v) is 9.55. The topological polar surface area (TPSA) is 11.4 Å². The van der Waals surface area contributed by atoms with Gasteiger partial charge in [0.15, 0.2) is 0 Å². The number of piperazine rings is 1. The van der Waals surface area contributed by atoms with Crippen LogP contribution in [0.2, 0.25) is 0 Å². The van der Waals surface area contributed by atoms with Crippen LogP contribution < -0.4 is 0 Å². The van der Waals surface area contributed by atoms with Crippen LogP contribution in [0.4, 0.5) is 4.39 Å². The van der Waals surface area contributed by atoms with Gasteiger partial charge in [-0.15, -0.1) is 0 Å². The van der Waals surface area contributed by atoms with Crippen molar-refractivity contribution in [3.05, 3.63) is 77.7 Å². The molecule has 1 fully saturated rings. The molecule has 4 rings (SSSR count). The number of likely N-dealkylation sites (N-methyl/N-ethyl adjacent to an activating group) is 1. The van der Waals surface area contributed by atoms with E-state index in [1.165, 1.54) is 23.4 Å². The molecular weight excluding hydrogens is 337 g/mol. The minimum absolute atomic E-state index is 0.203. The Morgan fingerprint density at radius 2 is 1.56 bits per heavy atom. The molecule has 0 amide bonds. The number of halogens is 1. The number of rotatable bonds is 4. The second kappa shape index (κ2) is 7.67. The Hall–Kier alpha value is -2.43. The number of para-hydroxylation sites is 1. The number of hydrogen-bond donors (Lipinski definition) is 0. The van der Waals surface area contributed by atoms with Gasteiger partial charge in [-0.3, -0.25) is 4.90 Å². The van der Waals surface area contributed by atoms with E-state index in [0.29, 0.717) is 0 Å². The predicted molar refractivity (Wildman–Crippen MR) is 109 cm³/mol. The molecule has 3 nitrogen and oxygen atoms in total. The van der Waals surface area contributed by atoms with Crippen LogP contribution in [0.5, 0.6) is 0 Å². The Morgan fingerprint density at radius 1 is 0.889 bits per heavy atom. The first kappa shape index (κ1) is 18.0. The van der Waals surface area contributed by atoms with Crippen molar-refractivity contribution < 1.29 is 4.39 Å². The summed E-state index contributed by atoms with van der Waals surface area (Å²) >= 11 is 0. The molecule has 1 aliphatic rings. The van der Waals surface area contributed by atoms with E-state index in [4.69, 9.17) is 0 Å². The fraction of sp³-hybridized carbons (Fsp3) is 0.304. The van der Waals surface area contributed by atoms with Gasteiger partial charge >= 0.3 is 0 Å². The lowest BCUT2D eigenvalue weighted by atomic mass is 10.1. The van der Waals surface area contributed by atoms with Gasteiger partial charge in [0.05, 0.1) is 5.69 Å². The molecule has 4 heteroatoms. The zero-order chi connectivity index (χ0) is 18.8. The van der Waals surface area contributed by atoms with E-state index in [0.717, 1.165) is 49.7 Å². The molecule has 0 N–H and O–H groups in total. The maximum Gasteiger partial charge on any atom is 0.123 e. The summed E-state index contributed by atoms with van der Waals surface area (Å²) < 4.78 is 15.7. The molecule has 0 spiro atoms. The second-order valence-electron chi connectivity index (χ2n) is 7.40. The van der Waals surface area contributed by atoms with Crippen LogP contribution in [0.1, 0.15) is 11.3 Å². The summed E-state index contributed by atoms with van der Waals surface area (Å²) in [7, 11) is 2.18. The Bertz CT molecular complexity index is 891. The van der Waals surface area contributed by atoms with Crippen LogP contribution in [0.25, 0.3) is 16.9 Å². The lowest BCUT2D eigenvalue weighted by Gasteiger charge is -2.32. The minimum atomic E-state index is -0.203. The Balaban J connectivity index is 1.74. The van der Waals surface area contributed by atoms with E-state index in [1.54, 1.807) is 0 Å². The number of aromatic nitrogens is 1. The summed E-state index contributed by atoms with van der Waals surface area (Å²) in [5, 5.41) is 0. The molecule has 0 aliphatic carbocycles. The fourth-order valence-corrected chi connectivity index (χ4v) is 3.81. The first-order chi connectivity index (χ1) is 13.1. The van der Waals surface area contributed by atoms with Gasteiger partial charge in [-0.1, -0.05) is 18.2 Å². The third kappa shape index (κ3) is 3.82. The fourth-order valence-electron chi connectivity index (χ4n) is 3.81. The molecule has 0 saturated carbocycles. The summed E-state index contributed by atoms with van der Waals surface area (Å²) in [4.78, 5) is 4.90. The average Bonchev–Trinajstić information content (AvgIpc) is 3.01. The molecule has 0 atom stereocenters. The van der Waals surface area contributed by atoms with E-state index >= 15 is 0 Å². The standard InChI is InChI=1S/C23H26FN3/c1-18-20(17-26-14-12-25(2)13-15-26)16-23(19-8-10-21(24)11-9-19)27(18)22-6-4-3-5-7-22/h3-11,16H,12-15,17H2,1-2H3. The molecule has 2 heterocycles. The van der Waals surface area contributed by atoms with Crippen molar-refractivity contribution >= 4 is 0 Å². The lowest BCUT2D eigenvalue weighted by molar-refractivity contribution is 0.148. The van der Waals surface area contributed by atoms with E-state index in [-0.39, 0.29) is 5.82 Å². The van der Waals surface area contributed by atoms with E-state index in [9.17, 15) is 4.39 Å². The Labute approximate surface area is 160 Å². The van der Waals surface area contributed by atoms with Crippen molar-refractivity contribution in [3.63, 3.8) is 0 Å². The SMILES string of the molecule is Cc1c(CN2CCN(C)CC2)cc(-c2ccc(F)cc2)n1-c1ccccc1. The van der Waals surface area contributed by atoms with Crippen LogP contribution in [0.3, 0.4) is 0 Å². The van der Waals surface area contributed by atoms with Crippen LogP contribution in [0.15, 0.2) is 60.7 Å². The normalized spacial score (nSPS) is 16.0. The van der Waals surface area contributed by atoms with Gasteiger partial charge in [0, 0.05) is 44.1 Å². The van der Waals surface area contributed by atoms with Crippen molar-refractivity contribution in [3.8, 4) is 16.9 Å². The number of benzene rings is 2. The molecule has 0 unspecified atom stereocenters. The molecule has 0 bridgehead atoms. The molecule has 1 aromatic heterocycles. The highest BCUT2D eigenvalue weighted by Gasteiger charge is 2.19.